The van der Waals surface area contributed by atoms with Crippen molar-refractivity contribution in [2.24, 2.45) is 0 Å². The molecule has 0 atom stereocenters. The van der Waals surface area contributed by atoms with Gasteiger partial charge >= 0.3 is 0 Å². The van der Waals surface area contributed by atoms with Crippen LogP contribution in [0.3, 0.4) is 0 Å². The largest absolute Gasteiger partial charge is 0.399 e. The van der Waals surface area contributed by atoms with Crippen molar-refractivity contribution < 1.29 is 8.42 Å². The first-order valence-corrected chi connectivity index (χ1v) is 8.14. The second kappa shape index (κ2) is 5.48. The zero-order chi connectivity index (χ0) is 14.0. The number of nitrogen functional groups attached to an aromatic ring is 1. The van der Waals surface area contributed by atoms with E-state index in [-0.39, 0.29) is 4.90 Å². The number of hydrogen-bond donors (Lipinski definition) is 2. The number of aromatic nitrogens is 1. The average molecular weight is 407 g/mol. The summed E-state index contributed by atoms with van der Waals surface area (Å²) in [6.07, 6.45) is 3.01. The molecule has 1 heterocycles. The highest BCUT2D eigenvalue weighted by Gasteiger charge is 2.18. The fraction of sp³-hybridized carbons (Fsp3) is 0. The fourth-order valence-electron chi connectivity index (χ4n) is 1.39. The van der Waals surface area contributed by atoms with Crippen LogP contribution in [0.1, 0.15) is 0 Å². The molecule has 1 aromatic carbocycles. The Morgan fingerprint density at radius 1 is 1.16 bits per heavy atom. The maximum Gasteiger partial charge on any atom is 0.263 e. The van der Waals surface area contributed by atoms with Crippen molar-refractivity contribution in [3.8, 4) is 0 Å². The van der Waals surface area contributed by atoms with Gasteiger partial charge in [0.25, 0.3) is 10.0 Å². The smallest absolute Gasteiger partial charge is 0.263 e. The molecule has 3 N–H and O–H groups in total. The molecule has 0 radical (unpaired) electrons. The van der Waals surface area contributed by atoms with Crippen LogP contribution < -0.4 is 10.5 Å². The van der Waals surface area contributed by atoms with Crippen molar-refractivity contribution in [2.45, 2.75) is 4.90 Å². The van der Waals surface area contributed by atoms with E-state index in [0.717, 1.165) is 0 Å². The molecular formula is C11H9Br2N3O2S. The predicted molar refractivity (Wildman–Crippen MR) is 81.3 cm³/mol. The molecule has 0 fully saturated rings. The number of benzene rings is 1. The van der Waals surface area contributed by atoms with E-state index in [1.165, 1.54) is 30.6 Å². The number of pyridine rings is 1. The van der Waals surface area contributed by atoms with Gasteiger partial charge in [-0.2, -0.15) is 0 Å². The molecule has 1 aromatic heterocycles. The number of nitrogens with two attached hydrogens (primary N) is 1. The van der Waals surface area contributed by atoms with Gasteiger partial charge in [-0.05, 0) is 56.1 Å². The first kappa shape index (κ1) is 14.3. The highest BCUT2D eigenvalue weighted by atomic mass is 79.9. The third-order valence-corrected chi connectivity index (χ3v) is 5.24. The maximum absolute atomic E-state index is 12.3. The lowest BCUT2D eigenvalue weighted by molar-refractivity contribution is 0.601. The van der Waals surface area contributed by atoms with Crippen LogP contribution in [0.4, 0.5) is 11.4 Å². The van der Waals surface area contributed by atoms with Crippen LogP contribution in [0.15, 0.2) is 50.5 Å². The van der Waals surface area contributed by atoms with Gasteiger partial charge in [0.1, 0.15) is 4.90 Å². The van der Waals surface area contributed by atoms with Gasteiger partial charge in [-0.1, -0.05) is 0 Å². The van der Waals surface area contributed by atoms with Crippen LogP contribution in [-0.2, 0) is 10.0 Å². The Morgan fingerprint density at radius 3 is 2.53 bits per heavy atom. The summed E-state index contributed by atoms with van der Waals surface area (Å²) in [6.45, 7) is 0. The highest BCUT2D eigenvalue weighted by molar-refractivity contribution is 9.11. The van der Waals surface area contributed by atoms with Crippen LogP contribution in [-0.4, -0.2) is 13.4 Å². The van der Waals surface area contributed by atoms with Gasteiger partial charge in [-0.15, -0.1) is 0 Å². The minimum absolute atomic E-state index is 0.116. The Balaban J connectivity index is 2.41. The minimum atomic E-state index is -3.69. The molecule has 0 amide bonds. The Kier molecular flexibility index (Phi) is 4.12. The van der Waals surface area contributed by atoms with Crippen LogP contribution in [0.25, 0.3) is 0 Å². The van der Waals surface area contributed by atoms with Gasteiger partial charge < -0.3 is 5.73 Å². The lowest BCUT2D eigenvalue weighted by atomic mass is 10.3. The third-order valence-electron chi connectivity index (χ3n) is 2.26. The Morgan fingerprint density at radius 2 is 1.89 bits per heavy atom. The first-order valence-electron chi connectivity index (χ1n) is 5.07. The zero-order valence-corrected chi connectivity index (χ0v) is 13.5. The molecule has 8 heteroatoms. The van der Waals surface area contributed by atoms with Gasteiger partial charge in [0, 0.05) is 22.6 Å². The summed E-state index contributed by atoms with van der Waals surface area (Å²) in [7, 11) is -3.69. The second-order valence-electron chi connectivity index (χ2n) is 3.65. The quantitative estimate of drug-likeness (QED) is 0.767. The first-order chi connectivity index (χ1) is 8.90. The second-order valence-corrected chi connectivity index (χ2v) is 7.01. The van der Waals surface area contributed by atoms with E-state index < -0.39 is 10.0 Å². The number of rotatable bonds is 3. The predicted octanol–water partition coefficient (Wildman–Crippen LogP) is 2.99. The lowest BCUT2D eigenvalue weighted by Gasteiger charge is -2.11. The van der Waals surface area contributed by atoms with E-state index in [2.05, 4.69) is 41.6 Å². The lowest BCUT2D eigenvalue weighted by Crippen LogP contribution is -2.14. The minimum Gasteiger partial charge on any atom is -0.399 e. The number of halogens is 2. The molecule has 0 aliphatic carbocycles. The Bertz CT molecular complexity index is 720. The SMILES string of the molecule is Nc1ccc(S(=O)(=O)Nc2ccncc2Br)c(Br)c1. The van der Waals surface area contributed by atoms with E-state index in [4.69, 9.17) is 5.73 Å². The molecule has 2 rings (SSSR count). The van der Waals surface area contributed by atoms with E-state index in [1.807, 2.05) is 0 Å². The Hall–Kier alpha value is -1.12. The van der Waals surface area contributed by atoms with Gasteiger partial charge in [0.05, 0.1) is 10.2 Å². The summed E-state index contributed by atoms with van der Waals surface area (Å²) in [5, 5.41) is 0. The molecule has 0 aliphatic rings. The molecule has 2 aromatic rings. The molecule has 5 nitrogen and oxygen atoms in total. The average Bonchev–Trinajstić information content (AvgIpc) is 2.31. The van der Waals surface area contributed by atoms with E-state index in [0.29, 0.717) is 20.3 Å². The molecular weight excluding hydrogens is 398 g/mol. The normalized spacial score (nSPS) is 11.3. The summed E-state index contributed by atoms with van der Waals surface area (Å²) < 4.78 is 28.0. The summed E-state index contributed by atoms with van der Waals surface area (Å²) in [5.41, 5.74) is 6.48. The Labute approximate surface area is 127 Å². The zero-order valence-electron chi connectivity index (χ0n) is 9.47. The monoisotopic (exact) mass is 405 g/mol. The molecule has 0 saturated carbocycles. The highest BCUT2D eigenvalue weighted by Crippen LogP contribution is 2.28. The third kappa shape index (κ3) is 3.26. The van der Waals surface area contributed by atoms with Crippen LogP contribution in [0.2, 0.25) is 0 Å². The van der Waals surface area contributed by atoms with Crippen molar-refractivity contribution in [1.82, 2.24) is 4.98 Å². The van der Waals surface area contributed by atoms with Crippen LogP contribution in [0.5, 0.6) is 0 Å². The van der Waals surface area contributed by atoms with Crippen molar-refractivity contribution in [1.29, 1.82) is 0 Å². The maximum atomic E-state index is 12.3. The number of sulfonamides is 1. The standard InChI is InChI=1S/C11H9Br2N3O2S/c12-8-5-7(14)1-2-11(8)19(17,18)16-10-3-4-15-6-9(10)13/h1-6H,14H2,(H,15,16). The topological polar surface area (TPSA) is 85.1 Å². The van der Waals surface area contributed by atoms with Gasteiger partial charge in [0.15, 0.2) is 0 Å². The molecule has 0 bridgehead atoms. The molecule has 0 unspecified atom stereocenters. The molecule has 0 spiro atoms. The molecule has 100 valence electrons. The molecule has 19 heavy (non-hydrogen) atoms. The van der Waals surface area contributed by atoms with Crippen molar-refractivity contribution in [3.05, 3.63) is 45.6 Å². The number of nitrogens with one attached hydrogen (secondary N) is 1. The van der Waals surface area contributed by atoms with E-state index >= 15 is 0 Å². The van der Waals surface area contributed by atoms with Crippen LogP contribution in [0, 0.1) is 0 Å². The van der Waals surface area contributed by atoms with Gasteiger partial charge in [0.2, 0.25) is 0 Å². The van der Waals surface area contributed by atoms with Gasteiger partial charge in [-0.3, -0.25) is 9.71 Å². The summed E-state index contributed by atoms with van der Waals surface area (Å²) >= 11 is 6.42. The summed E-state index contributed by atoms with van der Waals surface area (Å²) in [4.78, 5) is 3.99. The van der Waals surface area contributed by atoms with Crippen molar-refractivity contribution in [2.75, 3.05) is 10.5 Å². The molecule has 0 aliphatic heterocycles. The molecule has 0 saturated heterocycles. The van der Waals surface area contributed by atoms with E-state index in [9.17, 15) is 8.42 Å². The summed E-state index contributed by atoms with van der Waals surface area (Å²) in [5.74, 6) is 0. The number of anilines is 2. The van der Waals surface area contributed by atoms with Crippen molar-refractivity contribution in [3.63, 3.8) is 0 Å². The van der Waals surface area contributed by atoms with Gasteiger partial charge in [-0.25, -0.2) is 8.42 Å². The number of hydrogen-bond acceptors (Lipinski definition) is 4. The fourth-order valence-corrected chi connectivity index (χ4v) is 4.05. The number of nitrogens with zero attached hydrogens (tertiary/aromatic N) is 1. The summed E-state index contributed by atoms with van der Waals surface area (Å²) in [6, 6.07) is 6.07. The van der Waals surface area contributed by atoms with Crippen LogP contribution >= 0.6 is 31.9 Å². The van der Waals surface area contributed by atoms with E-state index in [1.54, 1.807) is 6.07 Å². The van der Waals surface area contributed by atoms with Crippen molar-refractivity contribution >= 4 is 53.3 Å².